The number of carbonyl (C=O) groups is 3. The maximum Gasteiger partial charge on any atom is 0.325 e. The number of carboxylic acids is 1. The Morgan fingerprint density at radius 2 is 2.33 bits per heavy atom. The molecule has 1 saturated heterocycles. The first-order valence-electron chi connectivity index (χ1n) is 4.44. The molecular weight excluding hydrogens is 220 g/mol. The second-order valence-corrected chi connectivity index (χ2v) is 4.21. The van der Waals surface area contributed by atoms with Gasteiger partial charge in [0.15, 0.2) is 0 Å². The fourth-order valence-corrected chi connectivity index (χ4v) is 1.92. The molecule has 84 valence electrons. The zero-order chi connectivity index (χ0) is 11.4. The van der Waals surface area contributed by atoms with Crippen molar-refractivity contribution in [3.05, 3.63) is 0 Å². The van der Waals surface area contributed by atoms with Gasteiger partial charge in [0.05, 0.1) is 0 Å². The van der Waals surface area contributed by atoms with Crippen LogP contribution in [-0.4, -0.2) is 52.0 Å². The molecule has 2 amide bonds. The molecule has 0 unspecified atom stereocenters. The number of hydrogen-bond donors (Lipinski definition) is 2. The first-order valence-corrected chi connectivity index (χ1v) is 5.43. The number of aliphatic carboxylic acids is 1. The summed E-state index contributed by atoms with van der Waals surface area (Å²) >= 11 is 1.16. The van der Waals surface area contributed by atoms with Gasteiger partial charge in [0.1, 0.15) is 12.6 Å². The first-order chi connectivity index (χ1) is 7.00. The van der Waals surface area contributed by atoms with Crippen molar-refractivity contribution in [2.75, 3.05) is 18.8 Å². The second kappa shape index (κ2) is 5.01. The van der Waals surface area contributed by atoms with Crippen LogP contribution < -0.4 is 5.32 Å². The summed E-state index contributed by atoms with van der Waals surface area (Å²) in [4.78, 5) is 34.2. The number of carboxylic acid groups (broad SMARTS) is 1. The molecule has 0 radical (unpaired) electrons. The molecule has 0 aliphatic carbocycles. The van der Waals surface area contributed by atoms with Gasteiger partial charge in [-0.2, -0.15) is 0 Å². The average Bonchev–Trinajstić information content (AvgIpc) is 2.51. The van der Waals surface area contributed by atoms with E-state index in [1.165, 1.54) is 11.8 Å². The number of nitrogens with zero attached hydrogens (tertiary/aromatic N) is 1. The Balaban J connectivity index is 2.35. The van der Waals surface area contributed by atoms with E-state index in [4.69, 9.17) is 5.11 Å². The molecule has 0 bridgehead atoms. The van der Waals surface area contributed by atoms with Crippen LogP contribution in [0.2, 0.25) is 0 Å². The highest BCUT2D eigenvalue weighted by Gasteiger charge is 2.24. The van der Waals surface area contributed by atoms with Crippen LogP contribution in [0, 0.1) is 0 Å². The van der Waals surface area contributed by atoms with Crippen LogP contribution in [0.1, 0.15) is 6.92 Å². The van der Waals surface area contributed by atoms with E-state index in [0.29, 0.717) is 12.3 Å². The Morgan fingerprint density at radius 1 is 1.67 bits per heavy atom. The molecule has 0 spiro atoms. The van der Waals surface area contributed by atoms with Gasteiger partial charge in [-0.3, -0.25) is 14.4 Å². The molecule has 7 heteroatoms. The van der Waals surface area contributed by atoms with Crippen molar-refractivity contribution in [3.8, 4) is 0 Å². The zero-order valence-corrected chi connectivity index (χ0v) is 9.04. The van der Waals surface area contributed by atoms with Crippen LogP contribution in [0.5, 0.6) is 0 Å². The number of nitrogens with one attached hydrogen (secondary N) is 1. The molecule has 15 heavy (non-hydrogen) atoms. The van der Waals surface area contributed by atoms with Gasteiger partial charge in [-0.25, -0.2) is 0 Å². The van der Waals surface area contributed by atoms with Crippen molar-refractivity contribution in [1.82, 2.24) is 10.2 Å². The smallest absolute Gasteiger partial charge is 0.325 e. The minimum Gasteiger partial charge on any atom is -0.480 e. The van der Waals surface area contributed by atoms with E-state index in [1.807, 2.05) is 0 Å². The number of rotatable bonds is 4. The van der Waals surface area contributed by atoms with E-state index in [0.717, 1.165) is 11.8 Å². The van der Waals surface area contributed by atoms with Crippen LogP contribution in [0.15, 0.2) is 0 Å². The lowest BCUT2D eigenvalue weighted by molar-refractivity contribution is -0.141. The summed E-state index contributed by atoms with van der Waals surface area (Å²) in [6, 6.07) is -0.928. The quantitative estimate of drug-likeness (QED) is 0.697. The molecular formula is C8H12N2O4S. The molecule has 0 saturated carbocycles. The molecule has 1 heterocycles. The van der Waals surface area contributed by atoms with E-state index in [2.05, 4.69) is 5.32 Å². The average molecular weight is 232 g/mol. The summed E-state index contributed by atoms with van der Waals surface area (Å²) in [7, 11) is 0. The summed E-state index contributed by atoms with van der Waals surface area (Å²) in [5.41, 5.74) is 0. The summed E-state index contributed by atoms with van der Waals surface area (Å²) in [6.45, 7) is 1.85. The van der Waals surface area contributed by atoms with E-state index < -0.39 is 17.9 Å². The van der Waals surface area contributed by atoms with Gasteiger partial charge in [-0.15, -0.1) is 0 Å². The third-order valence-electron chi connectivity index (χ3n) is 1.93. The van der Waals surface area contributed by atoms with E-state index in [9.17, 15) is 14.4 Å². The van der Waals surface area contributed by atoms with Crippen molar-refractivity contribution >= 4 is 28.9 Å². The highest BCUT2D eigenvalue weighted by molar-refractivity contribution is 8.13. The minimum absolute atomic E-state index is 0.0660. The molecule has 0 aromatic rings. The van der Waals surface area contributed by atoms with Gasteiger partial charge in [0.2, 0.25) is 5.91 Å². The van der Waals surface area contributed by atoms with Crippen LogP contribution in [-0.2, 0) is 9.59 Å². The maximum atomic E-state index is 11.3. The Labute approximate surface area is 91.0 Å². The van der Waals surface area contributed by atoms with E-state index in [1.54, 1.807) is 0 Å². The van der Waals surface area contributed by atoms with Crippen LogP contribution in [0.4, 0.5) is 4.79 Å². The van der Waals surface area contributed by atoms with Crippen molar-refractivity contribution in [2.45, 2.75) is 13.0 Å². The van der Waals surface area contributed by atoms with Gasteiger partial charge in [0, 0.05) is 12.3 Å². The molecule has 1 aliphatic rings. The predicted octanol–water partition coefficient (Wildman–Crippen LogP) is -0.256. The first kappa shape index (κ1) is 11.8. The van der Waals surface area contributed by atoms with Crippen LogP contribution in [0.25, 0.3) is 0 Å². The maximum absolute atomic E-state index is 11.3. The minimum atomic E-state index is -1.09. The molecule has 0 aromatic heterocycles. The third kappa shape index (κ3) is 3.43. The summed E-state index contributed by atoms with van der Waals surface area (Å²) in [5.74, 6) is -0.855. The standard InChI is InChI=1S/C8H12N2O4S/c1-5(7(12)13)9-6(11)4-10-2-3-15-8(10)14/h5H,2-4H2,1H3,(H,9,11)(H,12,13)/t5-/m0/s1. The lowest BCUT2D eigenvalue weighted by atomic mass is 10.3. The van der Waals surface area contributed by atoms with Crippen molar-refractivity contribution < 1.29 is 19.5 Å². The van der Waals surface area contributed by atoms with Crippen LogP contribution >= 0.6 is 11.8 Å². The molecule has 1 atom stereocenters. The SMILES string of the molecule is C[C@H](NC(=O)CN1CCSC1=O)C(=O)O. The largest absolute Gasteiger partial charge is 0.480 e. The molecule has 1 rings (SSSR count). The Bertz CT molecular complexity index is 294. The molecule has 0 aromatic carbocycles. The highest BCUT2D eigenvalue weighted by atomic mass is 32.2. The normalized spacial score (nSPS) is 17.7. The number of thioether (sulfide) groups is 1. The van der Waals surface area contributed by atoms with E-state index in [-0.39, 0.29) is 11.8 Å². The second-order valence-electron chi connectivity index (χ2n) is 3.16. The molecule has 1 aliphatic heterocycles. The lowest BCUT2D eigenvalue weighted by Crippen LogP contribution is -2.44. The zero-order valence-electron chi connectivity index (χ0n) is 8.23. The summed E-state index contributed by atoms with van der Waals surface area (Å²) < 4.78 is 0. The molecule has 1 fully saturated rings. The fraction of sp³-hybridized carbons (Fsp3) is 0.625. The van der Waals surface area contributed by atoms with Crippen molar-refractivity contribution in [1.29, 1.82) is 0 Å². The van der Waals surface area contributed by atoms with Gasteiger partial charge in [-0.05, 0) is 6.92 Å². The fourth-order valence-electron chi connectivity index (χ4n) is 1.09. The monoisotopic (exact) mass is 232 g/mol. The lowest BCUT2D eigenvalue weighted by Gasteiger charge is -2.15. The van der Waals surface area contributed by atoms with Gasteiger partial charge >= 0.3 is 5.97 Å². The Kier molecular flexibility index (Phi) is 3.96. The number of hydrogen-bond acceptors (Lipinski definition) is 4. The topological polar surface area (TPSA) is 86.7 Å². The van der Waals surface area contributed by atoms with E-state index >= 15 is 0 Å². The Morgan fingerprint density at radius 3 is 2.80 bits per heavy atom. The van der Waals surface area contributed by atoms with Gasteiger partial charge < -0.3 is 15.3 Å². The molecule has 6 nitrogen and oxygen atoms in total. The van der Waals surface area contributed by atoms with Gasteiger partial charge in [-0.1, -0.05) is 11.8 Å². The molecule has 2 N–H and O–H groups in total. The Hall–Kier alpha value is -1.24. The van der Waals surface area contributed by atoms with Crippen LogP contribution in [0.3, 0.4) is 0 Å². The predicted molar refractivity (Wildman–Crippen MR) is 54.7 cm³/mol. The summed E-state index contributed by atoms with van der Waals surface area (Å²) in [5, 5.41) is 10.7. The summed E-state index contributed by atoms with van der Waals surface area (Å²) in [6.07, 6.45) is 0. The highest BCUT2D eigenvalue weighted by Crippen LogP contribution is 2.16. The number of carbonyl (C=O) groups excluding carboxylic acids is 2. The van der Waals surface area contributed by atoms with Gasteiger partial charge in [0.25, 0.3) is 5.24 Å². The van der Waals surface area contributed by atoms with Crippen molar-refractivity contribution in [2.24, 2.45) is 0 Å². The third-order valence-corrected chi connectivity index (χ3v) is 2.82. The number of amides is 2. The van der Waals surface area contributed by atoms with Crippen molar-refractivity contribution in [3.63, 3.8) is 0 Å².